The van der Waals surface area contributed by atoms with Crippen LogP contribution in [-0.2, 0) is 19.1 Å². The zero-order chi connectivity index (χ0) is 18.1. The van der Waals surface area contributed by atoms with Crippen molar-refractivity contribution in [3.05, 3.63) is 23.8 Å². The molecule has 0 aliphatic heterocycles. The second-order valence-corrected chi connectivity index (χ2v) is 7.45. The largest absolute Gasteiger partial charge is 0.462 e. The van der Waals surface area contributed by atoms with E-state index in [1.165, 1.54) is 13.8 Å². The number of allylic oxidation sites excluding steroid dienone is 1. The molecule has 0 aromatic carbocycles. The third-order valence-electron chi connectivity index (χ3n) is 5.46. The predicted octanol–water partition coefficient (Wildman–Crippen LogP) is 3.11. The third-order valence-corrected chi connectivity index (χ3v) is 5.46. The molecule has 2 aliphatic rings. The second-order valence-electron chi connectivity index (χ2n) is 7.45. The van der Waals surface area contributed by atoms with E-state index in [0.717, 1.165) is 36.1 Å². The summed E-state index contributed by atoms with van der Waals surface area (Å²) in [7, 11) is 0. The van der Waals surface area contributed by atoms with E-state index in [2.05, 4.69) is 9.97 Å². The number of H-pyrrole nitrogens is 1. The highest BCUT2D eigenvalue weighted by molar-refractivity contribution is 5.73. The fraction of sp³-hybridized carbons (Fsp3) is 0.632. The van der Waals surface area contributed by atoms with Crippen molar-refractivity contribution in [3.8, 4) is 0 Å². The maximum absolute atomic E-state index is 11.8. The van der Waals surface area contributed by atoms with Gasteiger partial charge in [-0.3, -0.25) is 9.59 Å². The average molecular weight is 346 g/mol. The van der Waals surface area contributed by atoms with Gasteiger partial charge in [0, 0.05) is 25.3 Å². The molecule has 136 valence electrons. The minimum atomic E-state index is -0.295. The van der Waals surface area contributed by atoms with Crippen LogP contribution in [0.5, 0.6) is 0 Å². The van der Waals surface area contributed by atoms with Gasteiger partial charge in [-0.1, -0.05) is 5.57 Å². The summed E-state index contributed by atoms with van der Waals surface area (Å²) in [6.45, 7) is 6.98. The minimum absolute atomic E-state index is 0.0130. The van der Waals surface area contributed by atoms with Crippen LogP contribution in [0.3, 0.4) is 0 Å². The van der Waals surface area contributed by atoms with E-state index in [1.807, 2.05) is 13.8 Å². The van der Waals surface area contributed by atoms with E-state index in [-0.39, 0.29) is 30.1 Å². The number of carbonyl (C=O) groups is 2. The van der Waals surface area contributed by atoms with E-state index in [0.29, 0.717) is 11.8 Å². The molecule has 25 heavy (non-hydrogen) atoms. The van der Waals surface area contributed by atoms with E-state index in [9.17, 15) is 9.59 Å². The number of nitrogens with one attached hydrogen (secondary N) is 1. The van der Waals surface area contributed by atoms with Crippen LogP contribution in [0.15, 0.2) is 18.1 Å². The van der Waals surface area contributed by atoms with Crippen LogP contribution in [0, 0.1) is 17.8 Å². The fourth-order valence-corrected chi connectivity index (χ4v) is 4.65. The lowest BCUT2D eigenvalue weighted by atomic mass is 9.79. The predicted molar refractivity (Wildman–Crippen MR) is 92.3 cm³/mol. The highest BCUT2D eigenvalue weighted by atomic mass is 16.5. The number of aromatic nitrogens is 2. The fourth-order valence-electron chi connectivity index (χ4n) is 4.65. The molecule has 5 atom stereocenters. The first-order valence-electron chi connectivity index (χ1n) is 8.87. The molecule has 0 spiro atoms. The number of fused-ring (bicyclic) bond motifs is 2. The summed E-state index contributed by atoms with van der Waals surface area (Å²) >= 11 is 0. The van der Waals surface area contributed by atoms with Gasteiger partial charge in [0.05, 0.1) is 18.2 Å². The van der Waals surface area contributed by atoms with Crippen molar-refractivity contribution in [2.24, 2.45) is 17.8 Å². The molecule has 6 nitrogen and oxygen atoms in total. The van der Waals surface area contributed by atoms with Gasteiger partial charge < -0.3 is 14.5 Å². The highest BCUT2D eigenvalue weighted by Gasteiger charge is 2.51. The van der Waals surface area contributed by atoms with Gasteiger partial charge in [-0.2, -0.15) is 0 Å². The number of aromatic amines is 1. The number of hydrogen-bond donors (Lipinski definition) is 1. The Bertz CT molecular complexity index is 676. The van der Waals surface area contributed by atoms with Crippen molar-refractivity contribution in [1.82, 2.24) is 9.97 Å². The molecule has 2 fully saturated rings. The number of imidazole rings is 1. The zero-order valence-corrected chi connectivity index (χ0v) is 15.2. The number of esters is 2. The average Bonchev–Trinajstić information content (AvgIpc) is 3.21. The molecule has 6 heteroatoms. The van der Waals surface area contributed by atoms with Crippen LogP contribution in [0.25, 0.3) is 5.57 Å². The van der Waals surface area contributed by atoms with Crippen molar-refractivity contribution >= 4 is 17.5 Å². The lowest BCUT2D eigenvalue weighted by Crippen LogP contribution is -2.35. The molecule has 1 aromatic rings. The van der Waals surface area contributed by atoms with Gasteiger partial charge in [-0.05, 0) is 44.9 Å². The van der Waals surface area contributed by atoms with Crippen LogP contribution in [-0.4, -0.2) is 34.1 Å². The van der Waals surface area contributed by atoms with Gasteiger partial charge in [0.1, 0.15) is 12.2 Å². The van der Waals surface area contributed by atoms with Gasteiger partial charge in [0.25, 0.3) is 0 Å². The van der Waals surface area contributed by atoms with Gasteiger partial charge in [0.15, 0.2) is 0 Å². The Balaban J connectivity index is 1.85. The molecule has 3 rings (SSSR count). The molecule has 2 aliphatic carbocycles. The standard InChI is InChI=1S/C19H26N2O4/c1-10(2)18(16-8-20-9-21-16)19(25-12(4)23)15-6-14-5-13(15)7-17(14)24-11(3)22/h8-9,13-15,17,19H,5-7H2,1-4H3,(H,20,21). The Morgan fingerprint density at radius 1 is 1.12 bits per heavy atom. The summed E-state index contributed by atoms with van der Waals surface area (Å²) in [4.78, 5) is 30.3. The Hall–Kier alpha value is -2.11. The number of rotatable bonds is 5. The van der Waals surface area contributed by atoms with Crippen LogP contribution >= 0.6 is 0 Å². The van der Waals surface area contributed by atoms with Crippen molar-refractivity contribution in [2.75, 3.05) is 0 Å². The third kappa shape index (κ3) is 3.62. The Morgan fingerprint density at radius 3 is 2.36 bits per heavy atom. The van der Waals surface area contributed by atoms with E-state index >= 15 is 0 Å². The van der Waals surface area contributed by atoms with Gasteiger partial charge in [-0.25, -0.2) is 4.98 Å². The van der Waals surface area contributed by atoms with E-state index in [4.69, 9.17) is 9.47 Å². The molecule has 1 aromatic heterocycles. The number of hydrogen-bond acceptors (Lipinski definition) is 5. The van der Waals surface area contributed by atoms with Gasteiger partial charge >= 0.3 is 11.9 Å². The maximum Gasteiger partial charge on any atom is 0.303 e. The van der Waals surface area contributed by atoms with E-state index < -0.39 is 0 Å². The number of carbonyl (C=O) groups excluding carboxylic acids is 2. The molecule has 0 amide bonds. The molecule has 5 unspecified atom stereocenters. The van der Waals surface area contributed by atoms with Gasteiger partial charge in [0.2, 0.25) is 0 Å². The highest BCUT2D eigenvalue weighted by Crippen LogP contribution is 2.53. The SMILES string of the molecule is CC(=O)OC1CC2CC1CC2C(OC(C)=O)C(=C(C)C)c1cnc[nH]1. The zero-order valence-electron chi connectivity index (χ0n) is 15.2. The molecule has 0 radical (unpaired) electrons. The molecule has 2 bridgehead atoms. The second kappa shape index (κ2) is 7.02. The number of ether oxygens (including phenoxy) is 2. The van der Waals surface area contributed by atoms with Crippen LogP contribution in [0.1, 0.15) is 52.7 Å². The van der Waals surface area contributed by atoms with Crippen molar-refractivity contribution in [1.29, 1.82) is 0 Å². The monoisotopic (exact) mass is 346 g/mol. The summed E-state index contributed by atoms with van der Waals surface area (Å²) in [6, 6.07) is 0. The summed E-state index contributed by atoms with van der Waals surface area (Å²) in [5.74, 6) is 0.512. The smallest absolute Gasteiger partial charge is 0.303 e. The van der Waals surface area contributed by atoms with Crippen molar-refractivity contribution in [2.45, 2.75) is 59.2 Å². The minimum Gasteiger partial charge on any atom is -0.462 e. The van der Waals surface area contributed by atoms with Crippen molar-refractivity contribution in [3.63, 3.8) is 0 Å². The maximum atomic E-state index is 11.8. The Labute approximate surface area is 148 Å². The molecular formula is C19H26N2O4. The first-order valence-corrected chi connectivity index (χ1v) is 8.87. The summed E-state index contributed by atoms with van der Waals surface area (Å²) in [5.41, 5.74) is 3.01. The van der Waals surface area contributed by atoms with Gasteiger partial charge in [-0.15, -0.1) is 0 Å². The quantitative estimate of drug-likeness (QED) is 0.829. The molecule has 1 heterocycles. The number of nitrogens with zero attached hydrogens (tertiary/aromatic N) is 1. The summed E-state index contributed by atoms with van der Waals surface area (Å²) < 4.78 is 11.3. The Kier molecular flexibility index (Phi) is 4.97. The Morgan fingerprint density at radius 2 is 1.88 bits per heavy atom. The molecule has 0 saturated heterocycles. The lowest BCUT2D eigenvalue weighted by molar-refractivity contribution is -0.150. The summed E-state index contributed by atoms with van der Waals surface area (Å²) in [6.07, 6.45) is 5.92. The first kappa shape index (κ1) is 17.7. The van der Waals surface area contributed by atoms with Crippen LogP contribution in [0.4, 0.5) is 0 Å². The first-order chi connectivity index (χ1) is 11.9. The van der Waals surface area contributed by atoms with Crippen LogP contribution in [0.2, 0.25) is 0 Å². The molecule has 1 N–H and O–H groups in total. The molecular weight excluding hydrogens is 320 g/mol. The molecule has 2 saturated carbocycles. The lowest BCUT2D eigenvalue weighted by Gasteiger charge is -2.34. The topological polar surface area (TPSA) is 81.3 Å². The van der Waals surface area contributed by atoms with Crippen LogP contribution < -0.4 is 0 Å². The summed E-state index contributed by atoms with van der Waals surface area (Å²) in [5, 5.41) is 0. The van der Waals surface area contributed by atoms with E-state index in [1.54, 1.807) is 12.5 Å². The normalized spacial score (nSPS) is 28.5. The van der Waals surface area contributed by atoms with Crippen molar-refractivity contribution < 1.29 is 19.1 Å².